The minimum absolute atomic E-state index is 0.112. The smallest absolute Gasteiger partial charge is 0.131 e. The maximum Gasteiger partial charge on any atom is 0.131 e. The molecule has 0 aromatic rings. The molecule has 14 heteroatoms. The molecule has 1 spiro atoms. The Bertz CT molecular complexity index is 859. The number of ether oxygens (including phenoxy) is 6. The first-order valence-corrected chi connectivity index (χ1v) is 16.5. The maximum absolute atomic E-state index is 11.1. The predicted molar refractivity (Wildman–Crippen MR) is 130 cm³/mol. The van der Waals surface area contributed by atoms with Crippen LogP contribution in [-0.2, 0) is 46.6 Å². The molecule has 6 aliphatic rings. The first-order chi connectivity index (χ1) is 17.2. The van der Waals surface area contributed by atoms with Crippen molar-refractivity contribution >= 4 is 15.2 Å². The van der Waals surface area contributed by atoms with Crippen molar-refractivity contribution in [2.75, 3.05) is 67.7 Å². The summed E-state index contributed by atoms with van der Waals surface area (Å²) >= 11 is 0. The van der Waals surface area contributed by atoms with Gasteiger partial charge in [0.05, 0.1) is 44.7 Å². The van der Waals surface area contributed by atoms with Crippen LogP contribution < -0.4 is 9.79 Å². The van der Waals surface area contributed by atoms with E-state index in [4.69, 9.17) is 32.9 Å². The van der Waals surface area contributed by atoms with Crippen molar-refractivity contribution in [1.82, 2.24) is 0 Å². The third kappa shape index (κ3) is 7.04. The average Bonchev–Trinajstić information content (AvgIpc) is 3.08. The summed E-state index contributed by atoms with van der Waals surface area (Å²) < 4.78 is 63.5. The van der Waals surface area contributed by atoms with Gasteiger partial charge in [0, 0.05) is 65.9 Å². The summed E-state index contributed by atoms with van der Waals surface area (Å²) in [4.78, 5) is 20.9. The average molecular weight is 573 g/mol. The standard InChI is InChI=1S/C13H23O6P.C8H14O3.C2H7O3P/c1-9-11-13(9)10(4-6-18-20(3,14)15)12(19-13,8-16-2)5-7-17-11;1-6-7-3-8(11-6,4-9-2)5-10-7;1-5-6(2,3)4/h9-11H,4-8H2,1-3H3,(H,14,15);6-7H,3-5H2,1-2H3;1-2H3,(H,3,4)/p-2/t9-,10?,11-,12+,13-;6-,7?,8-;/m00./s1. The summed E-state index contributed by atoms with van der Waals surface area (Å²) in [5.41, 5.74) is -0.684. The summed E-state index contributed by atoms with van der Waals surface area (Å²) in [5, 5.41) is 0. The third-order valence-electron chi connectivity index (χ3n) is 7.84. The normalized spacial score (nSPS) is 44.0. The zero-order valence-corrected chi connectivity index (χ0v) is 24.6. The van der Waals surface area contributed by atoms with Gasteiger partial charge in [-0.25, -0.2) is 0 Å². The highest BCUT2D eigenvalue weighted by atomic mass is 31.2. The molecule has 6 rings (SSSR count). The molecule has 5 saturated heterocycles. The second kappa shape index (κ2) is 11.9. The summed E-state index contributed by atoms with van der Waals surface area (Å²) in [5.74, 6) is 0.600. The molecule has 4 unspecified atom stereocenters. The molecule has 0 amide bonds. The molecular weight excluding hydrogens is 530 g/mol. The minimum Gasteiger partial charge on any atom is -0.779 e. The van der Waals surface area contributed by atoms with Crippen molar-refractivity contribution in [2.24, 2.45) is 11.8 Å². The Morgan fingerprint density at radius 2 is 1.65 bits per heavy atom. The van der Waals surface area contributed by atoms with Gasteiger partial charge < -0.3 is 56.4 Å². The van der Waals surface area contributed by atoms with Crippen LogP contribution in [0.2, 0.25) is 0 Å². The van der Waals surface area contributed by atoms with Gasteiger partial charge in [-0.05, 0) is 13.3 Å². The molecule has 1 aliphatic carbocycles. The van der Waals surface area contributed by atoms with E-state index in [9.17, 15) is 18.9 Å². The monoisotopic (exact) mass is 572 g/mol. The number of rotatable bonds is 9. The quantitative estimate of drug-likeness (QED) is 0.365. The molecule has 0 aromatic carbocycles. The minimum atomic E-state index is -3.66. The van der Waals surface area contributed by atoms with Gasteiger partial charge >= 0.3 is 0 Å². The molecule has 4 bridgehead atoms. The van der Waals surface area contributed by atoms with Crippen LogP contribution in [0.15, 0.2) is 0 Å². The van der Waals surface area contributed by atoms with Gasteiger partial charge in [-0.15, -0.1) is 0 Å². The Hall–Kier alpha value is 0.0600. The van der Waals surface area contributed by atoms with E-state index >= 15 is 0 Å². The van der Waals surface area contributed by atoms with Gasteiger partial charge in [0.2, 0.25) is 0 Å². The SMILES string of the molecule is COC[C@@]12CCO[C@H]3[C@H](C)[C@]3(O1)C2CCOP(C)(=O)[O-].COC[C@]12COC(C1)[C@H](C)O2.COP(C)(=O)[O-]. The fourth-order valence-electron chi connectivity index (χ4n) is 6.16. The zero-order valence-electron chi connectivity index (χ0n) is 22.8. The molecule has 0 aromatic heterocycles. The fraction of sp³-hybridized carbons (Fsp3) is 1.00. The Labute approximate surface area is 219 Å². The predicted octanol–water partition coefficient (Wildman–Crippen LogP) is 1.18. The molecule has 0 radical (unpaired) electrons. The molecule has 12 nitrogen and oxygen atoms in total. The van der Waals surface area contributed by atoms with Crippen LogP contribution in [0.4, 0.5) is 0 Å². The molecule has 5 heterocycles. The third-order valence-corrected chi connectivity index (χ3v) is 9.15. The van der Waals surface area contributed by atoms with Crippen molar-refractivity contribution in [3.8, 4) is 0 Å². The van der Waals surface area contributed by atoms with Crippen LogP contribution in [-0.4, -0.2) is 103 Å². The molecule has 10 atom stereocenters. The fourth-order valence-corrected chi connectivity index (χ4v) is 6.59. The number of fused-ring (bicyclic) bond motifs is 4. The van der Waals surface area contributed by atoms with Gasteiger partial charge in [0.25, 0.3) is 0 Å². The van der Waals surface area contributed by atoms with E-state index < -0.39 is 15.2 Å². The second-order valence-electron chi connectivity index (χ2n) is 10.7. The van der Waals surface area contributed by atoms with Gasteiger partial charge in [-0.2, -0.15) is 0 Å². The lowest BCUT2D eigenvalue weighted by molar-refractivity contribution is -0.302. The highest BCUT2D eigenvalue weighted by molar-refractivity contribution is 7.50. The van der Waals surface area contributed by atoms with E-state index in [1.165, 1.54) is 0 Å². The largest absolute Gasteiger partial charge is 0.779 e. The van der Waals surface area contributed by atoms with Crippen LogP contribution in [0.3, 0.4) is 0 Å². The van der Waals surface area contributed by atoms with Crippen molar-refractivity contribution in [2.45, 2.75) is 68.2 Å². The first-order valence-electron chi connectivity index (χ1n) is 12.5. The van der Waals surface area contributed by atoms with Crippen LogP contribution >= 0.6 is 15.2 Å². The number of methoxy groups -OCH3 is 2. The van der Waals surface area contributed by atoms with Crippen LogP contribution in [0.5, 0.6) is 0 Å². The van der Waals surface area contributed by atoms with Crippen LogP contribution in [0.1, 0.15) is 33.1 Å². The molecule has 1 saturated carbocycles. The Morgan fingerprint density at radius 1 is 1.00 bits per heavy atom. The summed E-state index contributed by atoms with van der Waals surface area (Å²) in [6.07, 6.45) is 3.15. The van der Waals surface area contributed by atoms with Crippen LogP contribution in [0.25, 0.3) is 0 Å². The highest BCUT2D eigenvalue weighted by Crippen LogP contribution is 2.69. The van der Waals surface area contributed by atoms with Gasteiger partial charge in [-0.1, -0.05) is 6.92 Å². The summed E-state index contributed by atoms with van der Waals surface area (Å²) in [6.45, 7) is 9.07. The van der Waals surface area contributed by atoms with Crippen molar-refractivity contribution in [3.05, 3.63) is 0 Å². The Morgan fingerprint density at radius 3 is 2.14 bits per heavy atom. The van der Waals surface area contributed by atoms with E-state index in [2.05, 4.69) is 18.4 Å². The topological polar surface area (TPSA) is 154 Å². The van der Waals surface area contributed by atoms with Gasteiger partial charge in [0.15, 0.2) is 0 Å². The molecule has 0 N–H and O–H groups in total. The lowest BCUT2D eigenvalue weighted by atomic mass is 9.71. The second-order valence-corrected chi connectivity index (χ2v) is 14.4. The van der Waals surface area contributed by atoms with Gasteiger partial charge in [-0.3, -0.25) is 0 Å². The maximum atomic E-state index is 11.1. The van der Waals surface area contributed by atoms with Crippen molar-refractivity contribution < 1.29 is 56.4 Å². The Kier molecular flexibility index (Phi) is 10.1. The van der Waals surface area contributed by atoms with E-state index in [-0.39, 0.29) is 41.5 Å². The van der Waals surface area contributed by atoms with E-state index in [0.717, 1.165) is 33.3 Å². The van der Waals surface area contributed by atoms with Crippen LogP contribution in [0, 0.1) is 11.8 Å². The highest BCUT2D eigenvalue weighted by Gasteiger charge is 2.82. The number of hydrogen-bond donors (Lipinski definition) is 0. The summed E-state index contributed by atoms with van der Waals surface area (Å²) in [6, 6.07) is 0. The zero-order chi connectivity index (χ0) is 27.7. The molecule has 37 heavy (non-hydrogen) atoms. The van der Waals surface area contributed by atoms with E-state index in [1.54, 1.807) is 14.2 Å². The van der Waals surface area contributed by atoms with Crippen molar-refractivity contribution in [1.29, 1.82) is 0 Å². The molecule has 218 valence electrons. The molecule has 6 fully saturated rings. The lowest BCUT2D eigenvalue weighted by Crippen LogP contribution is -2.65. The first kappa shape index (κ1) is 31.6. The lowest BCUT2D eigenvalue weighted by Gasteiger charge is -2.55. The molecule has 5 aliphatic heterocycles. The van der Waals surface area contributed by atoms with E-state index in [1.807, 2.05) is 0 Å². The van der Waals surface area contributed by atoms with Gasteiger partial charge in [0.1, 0.15) is 32.0 Å². The van der Waals surface area contributed by atoms with E-state index in [0.29, 0.717) is 44.9 Å². The Balaban J connectivity index is 0.000000187. The molecular formula is C23H42O12P2-2. The van der Waals surface area contributed by atoms with Crippen molar-refractivity contribution in [3.63, 3.8) is 0 Å². The number of hydrogen-bond acceptors (Lipinski definition) is 12. The summed E-state index contributed by atoms with van der Waals surface area (Å²) in [7, 11) is -2.56.